The number of nitrogens with zero attached hydrogens (tertiary/aromatic N) is 3. The Labute approximate surface area is 121 Å². The molecule has 1 unspecified atom stereocenters. The van der Waals surface area contributed by atoms with Crippen LogP contribution in [0.1, 0.15) is 39.0 Å². The molecule has 0 bridgehead atoms. The van der Waals surface area contributed by atoms with Gasteiger partial charge in [-0.3, -0.25) is 4.68 Å². The highest BCUT2D eigenvalue weighted by atomic mass is 16.4. The predicted molar refractivity (Wildman–Crippen MR) is 80.7 cm³/mol. The fourth-order valence-electron chi connectivity index (χ4n) is 3.02. The summed E-state index contributed by atoms with van der Waals surface area (Å²) in [6.07, 6.45) is 9.87. The van der Waals surface area contributed by atoms with Crippen LogP contribution >= 0.6 is 0 Å². The summed E-state index contributed by atoms with van der Waals surface area (Å²) in [5.74, 6) is 0.908. The van der Waals surface area contributed by atoms with E-state index in [0.717, 1.165) is 19.0 Å². The van der Waals surface area contributed by atoms with Crippen molar-refractivity contribution in [3.63, 3.8) is 0 Å². The molecule has 1 aromatic heterocycles. The van der Waals surface area contributed by atoms with Gasteiger partial charge in [0.2, 0.25) is 0 Å². The van der Waals surface area contributed by atoms with Gasteiger partial charge in [0, 0.05) is 24.4 Å². The first-order chi connectivity index (χ1) is 9.69. The van der Waals surface area contributed by atoms with Crippen LogP contribution in [-0.2, 0) is 6.54 Å². The lowest BCUT2D eigenvalue weighted by Gasteiger charge is -2.20. The Morgan fingerprint density at radius 2 is 2.15 bits per heavy atom. The first kappa shape index (κ1) is 15.5. The number of rotatable bonds is 6. The predicted octanol–water partition coefficient (Wildman–Crippen LogP) is 0.465. The molecule has 0 saturated carbocycles. The van der Waals surface area contributed by atoms with Gasteiger partial charge in [-0.1, -0.05) is 19.8 Å². The Morgan fingerprint density at radius 1 is 1.30 bits per heavy atom. The topological polar surface area (TPSA) is 61.5 Å². The van der Waals surface area contributed by atoms with Crippen molar-refractivity contribution in [2.75, 3.05) is 19.6 Å². The van der Waals surface area contributed by atoms with Gasteiger partial charge in [-0.05, 0) is 38.3 Å². The van der Waals surface area contributed by atoms with E-state index in [4.69, 9.17) is 10.0 Å². The molecule has 20 heavy (non-hydrogen) atoms. The fourth-order valence-corrected chi connectivity index (χ4v) is 3.02. The van der Waals surface area contributed by atoms with Crippen LogP contribution in [0.25, 0.3) is 0 Å². The Morgan fingerprint density at radius 3 is 2.85 bits per heavy atom. The molecule has 1 aromatic rings. The molecule has 1 aliphatic heterocycles. The maximum atomic E-state index is 9.06. The van der Waals surface area contributed by atoms with E-state index in [1.54, 1.807) is 10.9 Å². The molecule has 0 amide bonds. The van der Waals surface area contributed by atoms with Gasteiger partial charge >= 0.3 is 7.12 Å². The maximum Gasteiger partial charge on any atom is 0.491 e. The van der Waals surface area contributed by atoms with Crippen LogP contribution in [0.15, 0.2) is 12.4 Å². The summed E-state index contributed by atoms with van der Waals surface area (Å²) >= 11 is 0. The fraction of sp³-hybridized carbons (Fsp3) is 0.786. The summed E-state index contributed by atoms with van der Waals surface area (Å²) in [5, 5.41) is 22.3. The minimum atomic E-state index is -1.42. The van der Waals surface area contributed by atoms with E-state index in [9.17, 15) is 0 Å². The molecule has 0 radical (unpaired) electrons. The van der Waals surface area contributed by atoms with Crippen LogP contribution < -0.4 is 5.46 Å². The minimum absolute atomic E-state index is 0.462. The Balaban J connectivity index is 1.75. The lowest BCUT2D eigenvalue weighted by atomic mass is 9.83. The van der Waals surface area contributed by atoms with Crippen LogP contribution in [0.4, 0.5) is 0 Å². The van der Waals surface area contributed by atoms with E-state index >= 15 is 0 Å². The molecule has 5 nitrogen and oxygen atoms in total. The van der Waals surface area contributed by atoms with Crippen LogP contribution in [0, 0.1) is 5.92 Å². The standard InChI is InChI=1S/C14H26BN3O2/c1-2-4-13-5-3-7-17(8-6-13)9-10-18-12-14(11-16-18)15(19)20/h11-13,19-20H,2-10H2,1H3. The van der Waals surface area contributed by atoms with Crippen LogP contribution in [0.2, 0.25) is 0 Å². The summed E-state index contributed by atoms with van der Waals surface area (Å²) < 4.78 is 1.79. The van der Waals surface area contributed by atoms with Crippen LogP contribution in [0.5, 0.6) is 0 Å². The third-order valence-electron chi connectivity index (χ3n) is 4.23. The summed E-state index contributed by atoms with van der Waals surface area (Å²) in [7, 11) is -1.42. The SMILES string of the molecule is CCCC1CCCN(CCn2cc(B(O)O)cn2)CC1. The quantitative estimate of drug-likeness (QED) is 0.743. The van der Waals surface area contributed by atoms with Crippen molar-refractivity contribution < 1.29 is 10.0 Å². The molecular formula is C14H26BN3O2. The second-order valence-electron chi connectivity index (χ2n) is 5.84. The minimum Gasteiger partial charge on any atom is -0.423 e. The van der Waals surface area contributed by atoms with Gasteiger partial charge in [-0.15, -0.1) is 0 Å². The van der Waals surface area contributed by atoms with Gasteiger partial charge in [0.1, 0.15) is 0 Å². The van der Waals surface area contributed by atoms with E-state index in [-0.39, 0.29) is 0 Å². The zero-order valence-electron chi connectivity index (χ0n) is 12.4. The Kier molecular flexibility index (Phi) is 6.07. The number of hydrogen-bond donors (Lipinski definition) is 2. The van der Waals surface area contributed by atoms with E-state index < -0.39 is 7.12 Å². The molecule has 2 heterocycles. The lowest BCUT2D eigenvalue weighted by Crippen LogP contribution is -2.30. The average Bonchev–Trinajstić information content (AvgIpc) is 2.79. The summed E-state index contributed by atoms with van der Waals surface area (Å²) in [6, 6.07) is 0. The van der Waals surface area contributed by atoms with E-state index in [0.29, 0.717) is 5.46 Å². The molecule has 0 aliphatic carbocycles. The van der Waals surface area contributed by atoms with Gasteiger partial charge < -0.3 is 14.9 Å². The maximum absolute atomic E-state index is 9.06. The second kappa shape index (κ2) is 7.81. The van der Waals surface area contributed by atoms with E-state index in [2.05, 4.69) is 16.9 Å². The lowest BCUT2D eigenvalue weighted by molar-refractivity contribution is 0.264. The van der Waals surface area contributed by atoms with Gasteiger partial charge in [0.15, 0.2) is 0 Å². The molecule has 2 rings (SSSR count). The zero-order chi connectivity index (χ0) is 14.4. The zero-order valence-corrected chi connectivity index (χ0v) is 12.4. The normalized spacial score (nSPS) is 20.9. The molecule has 1 atom stereocenters. The van der Waals surface area contributed by atoms with Gasteiger partial charge in [-0.25, -0.2) is 0 Å². The average molecular weight is 279 g/mol. The Hall–Kier alpha value is -0.845. The van der Waals surface area contributed by atoms with Crippen LogP contribution in [-0.4, -0.2) is 51.5 Å². The Bertz CT molecular complexity index is 398. The van der Waals surface area contributed by atoms with Gasteiger partial charge in [0.05, 0.1) is 6.54 Å². The van der Waals surface area contributed by atoms with Crippen molar-refractivity contribution in [1.82, 2.24) is 14.7 Å². The molecule has 0 aromatic carbocycles. The number of hydrogen-bond acceptors (Lipinski definition) is 4. The molecule has 1 saturated heterocycles. The molecule has 112 valence electrons. The highest BCUT2D eigenvalue weighted by Crippen LogP contribution is 2.21. The van der Waals surface area contributed by atoms with Crippen molar-refractivity contribution >= 4 is 12.6 Å². The van der Waals surface area contributed by atoms with Crippen molar-refractivity contribution in [1.29, 1.82) is 0 Å². The largest absolute Gasteiger partial charge is 0.491 e. The molecule has 0 spiro atoms. The molecular weight excluding hydrogens is 253 g/mol. The molecule has 1 aliphatic rings. The van der Waals surface area contributed by atoms with E-state index in [1.807, 2.05) is 0 Å². The molecule has 2 N–H and O–H groups in total. The highest BCUT2D eigenvalue weighted by Gasteiger charge is 2.17. The highest BCUT2D eigenvalue weighted by molar-refractivity contribution is 6.58. The van der Waals surface area contributed by atoms with Gasteiger partial charge in [-0.2, -0.15) is 5.10 Å². The monoisotopic (exact) mass is 279 g/mol. The number of likely N-dealkylation sites (tertiary alicyclic amines) is 1. The van der Waals surface area contributed by atoms with Crippen molar-refractivity contribution in [2.24, 2.45) is 5.92 Å². The molecule has 1 fully saturated rings. The summed E-state index contributed by atoms with van der Waals surface area (Å²) in [6.45, 7) is 6.43. The third-order valence-corrected chi connectivity index (χ3v) is 4.23. The van der Waals surface area contributed by atoms with Crippen molar-refractivity contribution in [2.45, 2.75) is 45.6 Å². The van der Waals surface area contributed by atoms with Crippen molar-refractivity contribution in [3.05, 3.63) is 12.4 Å². The third kappa shape index (κ3) is 4.61. The van der Waals surface area contributed by atoms with Crippen molar-refractivity contribution in [3.8, 4) is 0 Å². The second-order valence-corrected chi connectivity index (χ2v) is 5.84. The van der Waals surface area contributed by atoms with Crippen LogP contribution in [0.3, 0.4) is 0 Å². The number of aromatic nitrogens is 2. The summed E-state index contributed by atoms with van der Waals surface area (Å²) in [5.41, 5.74) is 0.462. The van der Waals surface area contributed by atoms with Gasteiger partial charge in [0.25, 0.3) is 0 Å². The molecule has 6 heteroatoms. The first-order valence-corrected chi connectivity index (χ1v) is 7.80. The smallest absolute Gasteiger partial charge is 0.423 e. The summed E-state index contributed by atoms with van der Waals surface area (Å²) in [4.78, 5) is 2.51. The van der Waals surface area contributed by atoms with E-state index in [1.165, 1.54) is 51.4 Å². The first-order valence-electron chi connectivity index (χ1n) is 7.80.